The van der Waals surface area contributed by atoms with Crippen LogP contribution in [0, 0.1) is 5.82 Å². The van der Waals surface area contributed by atoms with E-state index in [2.05, 4.69) is 15.3 Å². The summed E-state index contributed by atoms with van der Waals surface area (Å²) in [6.07, 6.45) is 2.63. The molecule has 0 saturated heterocycles. The van der Waals surface area contributed by atoms with Gasteiger partial charge in [0, 0.05) is 41.9 Å². The number of allylic oxidation sites excluding steroid dienone is 1. The zero-order valence-electron chi connectivity index (χ0n) is 20.9. The van der Waals surface area contributed by atoms with Crippen LogP contribution < -0.4 is 5.32 Å². The molecular formula is C29H22FN5O4S. The number of rotatable bonds is 5. The summed E-state index contributed by atoms with van der Waals surface area (Å²) < 4.78 is 41.6. The predicted octanol–water partition coefficient (Wildman–Crippen LogP) is 3.99. The Morgan fingerprint density at radius 1 is 0.950 bits per heavy atom. The zero-order chi connectivity index (χ0) is 27.9. The lowest BCUT2D eigenvalue weighted by Gasteiger charge is -2.28. The van der Waals surface area contributed by atoms with Gasteiger partial charge in [0.05, 0.1) is 16.1 Å². The molecule has 11 heteroatoms. The quantitative estimate of drug-likeness (QED) is 0.401. The van der Waals surface area contributed by atoms with Gasteiger partial charge in [-0.05, 0) is 48.5 Å². The lowest BCUT2D eigenvalue weighted by atomic mass is 10.0. The third-order valence-corrected chi connectivity index (χ3v) is 8.39. The molecular weight excluding hydrogens is 533 g/mol. The minimum absolute atomic E-state index is 0.0134. The summed E-state index contributed by atoms with van der Waals surface area (Å²) in [7, 11) is -4.07. The van der Waals surface area contributed by atoms with Crippen molar-refractivity contribution in [2.45, 2.75) is 17.6 Å². The van der Waals surface area contributed by atoms with Gasteiger partial charge in [-0.2, -0.15) is 0 Å². The molecule has 1 aromatic heterocycles. The molecule has 0 radical (unpaired) electrons. The van der Waals surface area contributed by atoms with E-state index in [0.717, 1.165) is 3.97 Å². The second-order valence-electron chi connectivity index (χ2n) is 9.21. The molecule has 3 heterocycles. The van der Waals surface area contributed by atoms with Crippen LogP contribution in [0.3, 0.4) is 0 Å². The predicted molar refractivity (Wildman–Crippen MR) is 148 cm³/mol. The number of aliphatic imine (C=N–C) groups is 2. The van der Waals surface area contributed by atoms with Crippen LogP contribution in [0.5, 0.6) is 0 Å². The van der Waals surface area contributed by atoms with Crippen LogP contribution in [0.2, 0.25) is 0 Å². The molecule has 0 bridgehead atoms. The minimum atomic E-state index is -4.07. The first kappa shape index (κ1) is 25.4. The topological polar surface area (TPSA) is 113 Å². The smallest absolute Gasteiger partial charge is 0.275 e. The second kappa shape index (κ2) is 10.0. The van der Waals surface area contributed by atoms with Crippen LogP contribution in [-0.2, 0) is 10.0 Å². The summed E-state index contributed by atoms with van der Waals surface area (Å²) in [6.45, 7) is 0.251. The Labute approximate surface area is 229 Å². The van der Waals surface area contributed by atoms with Crippen molar-refractivity contribution in [2.75, 3.05) is 6.54 Å². The third kappa shape index (κ3) is 4.60. The maximum absolute atomic E-state index is 13.8. The Balaban J connectivity index is 1.28. The van der Waals surface area contributed by atoms with Gasteiger partial charge in [-0.3, -0.25) is 9.59 Å². The fourth-order valence-corrected chi connectivity index (χ4v) is 6.20. The molecule has 0 aliphatic carbocycles. The van der Waals surface area contributed by atoms with Crippen LogP contribution in [0.25, 0.3) is 10.9 Å². The highest BCUT2D eigenvalue weighted by Gasteiger charge is 2.31. The number of nitrogens with one attached hydrogen (secondary N) is 1. The van der Waals surface area contributed by atoms with Crippen molar-refractivity contribution in [3.05, 3.63) is 114 Å². The number of aromatic nitrogens is 1. The molecule has 0 spiro atoms. The molecule has 1 N–H and O–H groups in total. The van der Waals surface area contributed by atoms with E-state index in [1.54, 1.807) is 54.7 Å². The van der Waals surface area contributed by atoms with E-state index < -0.39 is 33.9 Å². The van der Waals surface area contributed by atoms with Gasteiger partial charge in [-0.1, -0.05) is 36.4 Å². The van der Waals surface area contributed by atoms with Gasteiger partial charge >= 0.3 is 0 Å². The van der Waals surface area contributed by atoms with Crippen molar-refractivity contribution in [3.8, 4) is 0 Å². The fourth-order valence-electron chi connectivity index (χ4n) is 4.67. The molecule has 0 fully saturated rings. The minimum Gasteiger partial charge on any atom is -0.313 e. The van der Waals surface area contributed by atoms with Crippen molar-refractivity contribution in [1.82, 2.24) is 14.2 Å². The molecule has 3 aromatic carbocycles. The van der Waals surface area contributed by atoms with E-state index in [-0.39, 0.29) is 22.7 Å². The summed E-state index contributed by atoms with van der Waals surface area (Å²) in [5, 5.41) is 3.30. The number of carbonyl (C=O) groups excluding carboxylic acids is 2. The molecule has 200 valence electrons. The summed E-state index contributed by atoms with van der Waals surface area (Å²) in [6, 6.07) is 21.6. The van der Waals surface area contributed by atoms with Gasteiger partial charge in [-0.25, -0.2) is 26.8 Å². The van der Waals surface area contributed by atoms with Crippen LogP contribution in [0.4, 0.5) is 4.39 Å². The number of hydrogen-bond donors (Lipinski definition) is 1. The van der Waals surface area contributed by atoms with E-state index in [9.17, 15) is 22.4 Å². The van der Waals surface area contributed by atoms with E-state index in [1.165, 1.54) is 47.5 Å². The second-order valence-corrected chi connectivity index (χ2v) is 11.0. The first-order valence-electron chi connectivity index (χ1n) is 12.4. The fraction of sp³-hybridized carbons (Fsp3) is 0.103. The highest BCUT2D eigenvalue weighted by atomic mass is 32.2. The van der Waals surface area contributed by atoms with Gasteiger partial charge in [0.25, 0.3) is 21.8 Å². The van der Waals surface area contributed by atoms with E-state index >= 15 is 0 Å². The van der Waals surface area contributed by atoms with Crippen LogP contribution in [-0.4, -0.2) is 53.9 Å². The van der Waals surface area contributed by atoms with Gasteiger partial charge in [0.2, 0.25) is 6.29 Å². The summed E-state index contributed by atoms with van der Waals surface area (Å²) in [4.78, 5) is 36.5. The molecule has 2 aliphatic heterocycles. The molecule has 0 saturated carbocycles. The number of amides is 2. The molecule has 9 nitrogen and oxygen atoms in total. The SMILES string of the molecule is O=C(NC1N=CC2=CN(C(=O)c3cc4ccccc4n3S(=O)(=O)c3ccccc3)CCC2=N1)c1ccc(F)cc1. The van der Waals surface area contributed by atoms with E-state index in [4.69, 9.17) is 0 Å². The van der Waals surface area contributed by atoms with E-state index in [0.29, 0.717) is 28.6 Å². The third-order valence-electron chi connectivity index (χ3n) is 6.65. The number of benzene rings is 3. The van der Waals surface area contributed by atoms with E-state index in [1.807, 2.05) is 0 Å². The highest BCUT2D eigenvalue weighted by Crippen LogP contribution is 2.28. The van der Waals surface area contributed by atoms with Crippen LogP contribution >= 0.6 is 0 Å². The number of fused-ring (bicyclic) bond motifs is 2. The number of carbonyl (C=O) groups is 2. The van der Waals surface area contributed by atoms with Gasteiger partial charge in [0.1, 0.15) is 11.5 Å². The van der Waals surface area contributed by atoms with Crippen molar-refractivity contribution in [1.29, 1.82) is 0 Å². The Kier molecular flexibility index (Phi) is 6.35. The summed E-state index contributed by atoms with van der Waals surface area (Å²) in [5.41, 5.74) is 1.93. The van der Waals surface area contributed by atoms with Crippen molar-refractivity contribution < 1.29 is 22.4 Å². The average Bonchev–Trinajstić information content (AvgIpc) is 3.38. The molecule has 40 heavy (non-hydrogen) atoms. The lowest BCUT2D eigenvalue weighted by Crippen LogP contribution is -2.39. The first-order chi connectivity index (χ1) is 19.3. The monoisotopic (exact) mass is 555 g/mol. The maximum atomic E-state index is 13.8. The number of nitrogens with zero attached hydrogens (tertiary/aromatic N) is 4. The number of para-hydroxylation sites is 1. The molecule has 2 amide bonds. The Hall–Kier alpha value is -4.90. The van der Waals surface area contributed by atoms with Crippen LogP contribution in [0.1, 0.15) is 27.3 Å². The van der Waals surface area contributed by atoms with Crippen molar-refractivity contribution >= 4 is 44.7 Å². The van der Waals surface area contributed by atoms with Gasteiger partial charge in [0.15, 0.2) is 0 Å². The van der Waals surface area contributed by atoms with Gasteiger partial charge in [-0.15, -0.1) is 0 Å². The standard InChI is InChI=1S/C29H22FN5O4S/c30-22-12-10-19(11-13-22)27(36)33-29-31-17-21-18-34(15-14-24(21)32-29)28(37)26-16-20-6-4-5-9-25(20)35(26)40(38,39)23-7-2-1-3-8-23/h1-13,16-18,29H,14-15H2,(H,33,36). The molecule has 1 atom stereocenters. The first-order valence-corrected chi connectivity index (χ1v) is 13.9. The summed E-state index contributed by atoms with van der Waals surface area (Å²) in [5.74, 6) is -1.37. The number of hydrogen-bond acceptors (Lipinski definition) is 6. The van der Waals surface area contributed by atoms with Crippen LogP contribution in [0.15, 0.2) is 112 Å². The maximum Gasteiger partial charge on any atom is 0.275 e. The average molecular weight is 556 g/mol. The number of halogens is 1. The molecule has 6 rings (SSSR count). The zero-order valence-corrected chi connectivity index (χ0v) is 21.8. The normalized spacial score (nSPS) is 16.7. The largest absolute Gasteiger partial charge is 0.313 e. The highest BCUT2D eigenvalue weighted by molar-refractivity contribution is 7.90. The molecule has 1 unspecified atom stereocenters. The molecule has 4 aromatic rings. The summed E-state index contributed by atoms with van der Waals surface area (Å²) >= 11 is 0. The van der Waals surface area contributed by atoms with Crippen molar-refractivity contribution in [2.24, 2.45) is 9.98 Å². The Bertz CT molecular complexity index is 1840. The van der Waals surface area contributed by atoms with Gasteiger partial charge < -0.3 is 10.2 Å². The Morgan fingerprint density at radius 2 is 1.68 bits per heavy atom. The lowest BCUT2D eigenvalue weighted by molar-refractivity contribution is 0.0816. The van der Waals surface area contributed by atoms with Crippen molar-refractivity contribution in [3.63, 3.8) is 0 Å². The Morgan fingerprint density at radius 3 is 2.45 bits per heavy atom. The molecule has 2 aliphatic rings.